The van der Waals surface area contributed by atoms with Gasteiger partial charge in [0, 0.05) is 11.8 Å². The predicted octanol–water partition coefficient (Wildman–Crippen LogP) is 2.49. The molecule has 0 aliphatic heterocycles. The number of benzene rings is 1. The maximum absolute atomic E-state index is 12.0. The number of para-hydroxylation sites is 1. The number of hydrogen-bond donors (Lipinski definition) is 2. The zero-order valence-electron chi connectivity index (χ0n) is 13.3. The summed E-state index contributed by atoms with van der Waals surface area (Å²) < 4.78 is 5.75. The molecule has 0 fully saturated rings. The normalized spacial score (nSPS) is 10.0. The fourth-order valence-corrected chi connectivity index (χ4v) is 2.88. The minimum Gasteiger partial charge on any atom is -0.491 e. The van der Waals surface area contributed by atoms with Gasteiger partial charge in [0.25, 0.3) is 5.91 Å². The number of nitrogens with two attached hydrogens (primary N) is 1. The van der Waals surface area contributed by atoms with Gasteiger partial charge in [0.15, 0.2) is 0 Å². The quantitative estimate of drug-likeness (QED) is 0.748. The highest BCUT2D eigenvalue weighted by Crippen LogP contribution is 2.21. The van der Waals surface area contributed by atoms with E-state index in [1.807, 2.05) is 32.0 Å². The van der Waals surface area contributed by atoms with Gasteiger partial charge in [-0.15, -0.1) is 23.7 Å². The smallest absolute Gasteiger partial charge is 0.270 e. The minimum absolute atomic E-state index is 0. The van der Waals surface area contributed by atoms with Gasteiger partial charge in [-0.2, -0.15) is 0 Å². The van der Waals surface area contributed by atoms with Gasteiger partial charge in [0.05, 0.1) is 11.6 Å². The van der Waals surface area contributed by atoms with Crippen molar-refractivity contribution in [1.82, 2.24) is 10.3 Å². The first-order valence-corrected chi connectivity index (χ1v) is 8.11. The molecule has 0 spiro atoms. The lowest BCUT2D eigenvalue weighted by atomic mass is 10.1. The van der Waals surface area contributed by atoms with Crippen molar-refractivity contribution < 1.29 is 9.53 Å². The number of nitrogens with one attached hydrogen (secondary N) is 1. The van der Waals surface area contributed by atoms with Crippen LogP contribution >= 0.6 is 23.7 Å². The zero-order valence-corrected chi connectivity index (χ0v) is 14.9. The number of halogens is 1. The van der Waals surface area contributed by atoms with E-state index in [4.69, 9.17) is 10.5 Å². The van der Waals surface area contributed by atoms with Crippen molar-refractivity contribution in [1.29, 1.82) is 0 Å². The van der Waals surface area contributed by atoms with Crippen molar-refractivity contribution in [2.75, 3.05) is 19.7 Å². The molecular weight excluding hydrogens is 334 g/mol. The molecule has 1 aromatic heterocycles. The summed E-state index contributed by atoms with van der Waals surface area (Å²) in [6, 6.07) is 6.02. The summed E-state index contributed by atoms with van der Waals surface area (Å²) in [6.45, 7) is 5.43. The lowest BCUT2D eigenvalue weighted by Gasteiger charge is -2.12. The predicted molar refractivity (Wildman–Crippen MR) is 95.9 cm³/mol. The van der Waals surface area contributed by atoms with E-state index in [-0.39, 0.29) is 18.3 Å². The van der Waals surface area contributed by atoms with Crippen LogP contribution < -0.4 is 15.8 Å². The topological polar surface area (TPSA) is 77.2 Å². The van der Waals surface area contributed by atoms with Crippen molar-refractivity contribution in [2.45, 2.75) is 20.3 Å². The second-order valence-corrected chi connectivity index (χ2v) is 5.93. The highest BCUT2D eigenvalue weighted by molar-refractivity contribution is 7.09. The summed E-state index contributed by atoms with van der Waals surface area (Å²) in [5.74, 6) is 0.709. The van der Waals surface area contributed by atoms with Crippen LogP contribution in [0.2, 0.25) is 0 Å². The molecule has 0 unspecified atom stereocenters. The van der Waals surface area contributed by atoms with E-state index in [1.165, 1.54) is 11.3 Å². The van der Waals surface area contributed by atoms with Crippen LogP contribution in [-0.4, -0.2) is 30.6 Å². The van der Waals surface area contributed by atoms with E-state index < -0.39 is 0 Å². The number of ether oxygens (including phenoxy) is 1. The molecule has 5 nitrogen and oxygen atoms in total. The van der Waals surface area contributed by atoms with Crippen LogP contribution in [0.5, 0.6) is 5.75 Å². The Bertz CT molecular complexity index is 626. The van der Waals surface area contributed by atoms with Crippen LogP contribution in [0.4, 0.5) is 0 Å². The summed E-state index contributed by atoms with van der Waals surface area (Å²) >= 11 is 1.46. The van der Waals surface area contributed by atoms with E-state index in [0.29, 0.717) is 31.8 Å². The highest BCUT2D eigenvalue weighted by Gasteiger charge is 2.10. The molecule has 3 N–H and O–H groups in total. The lowest BCUT2D eigenvalue weighted by Crippen LogP contribution is -2.28. The number of aromatic nitrogens is 1. The molecule has 0 saturated carbocycles. The molecule has 23 heavy (non-hydrogen) atoms. The maximum atomic E-state index is 12.0. The van der Waals surface area contributed by atoms with Crippen LogP contribution in [0.25, 0.3) is 0 Å². The van der Waals surface area contributed by atoms with Gasteiger partial charge in [0.1, 0.15) is 18.1 Å². The van der Waals surface area contributed by atoms with E-state index in [0.717, 1.165) is 21.9 Å². The van der Waals surface area contributed by atoms with Crippen molar-refractivity contribution in [3.05, 3.63) is 45.4 Å². The van der Waals surface area contributed by atoms with E-state index in [1.54, 1.807) is 5.38 Å². The number of aryl methyl sites for hydroxylation is 2. The van der Waals surface area contributed by atoms with Gasteiger partial charge < -0.3 is 15.8 Å². The standard InChI is InChI=1S/C16H21N3O2S.ClH/c1-11-4-3-5-12(2)15(11)21-9-8-18-16(20)13-10-22-14(19-13)6-7-17;/h3-5,10H,6-9,17H2,1-2H3,(H,18,20);1H. The van der Waals surface area contributed by atoms with Gasteiger partial charge in [-0.3, -0.25) is 4.79 Å². The number of amides is 1. The Kier molecular flexibility index (Phi) is 8.02. The van der Waals surface area contributed by atoms with Crippen molar-refractivity contribution in [3.8, 4) is 5.75 Å². The number of carbonyl (C=O) groups excluding carboxylic acids is 1. The van der Waals surface area contributed by atoms with Crippen LogP contribution in [-0.2, 0) is 6.42 Å². The van der Waals surface area contributed by atoms with Crippen molar-refractivity contribution >= 4 is 29.7 Å². The first-order valence-electron chi connectivity index (χ1n) is 7.23. The zero-order chi connectivity index (χ0) is 15.9. The second kappa shape index (κ2) is 9.50. The molecule has 0 bridgehead atoms. The number of carbonyl (C=O) groups is 1. The van der Waals surface area contributed by atoms with E-state index in [2.05, 4.69) is 10.3 Å². The number of thiazole rings is 1. The third-order valence-corrected chi connectivity index (χ3v) is 4.09. The Balaban J connectivity index is 0.00000264. The van der Waals surface area contributed by atoms with Gasteiger partial charge >= 0.3 is 0 Å². The Morgan fingerprint density at radius 1 is 1.35 bits per heavy atom. The summed E-state index contributed by atoms with van der Waals surface area (Å²) in [5.41, 5.74) is 8.11. The van der Waals surface area contributed by atoms with E-state index in [9.17, 15) is 4.79 Å². The first kappa shape index (κ1) is 19.4. The van der Waals surface area contributed by atoms with Gasteiger partial charge in [-0.1, -0.05) is 18.2 Å². The van der Waals surface area contributed by atoms with Crippen LogP contribution in [0.3, 0.4) is 0 Å². The largest absolute Gasteiger partial charge is 0.491 e. The highest BCUT2D eigenvalue weighted by atomic mass is 35.5. The van der Waals surface area contributed by atoms with Gasteiger partial charge in [-0.25, -0.2) is 4.98 Å². The Morgan fingerprint density at radius 3 is 2.70 bits per heavy atom. The molecule has 0 aliphatic carbocycles. The van der Waals surface area contributed by atoms with Crippen LogP contribution in [0.1, 0.15) is 26.6 Å². The fourth-order valence-electron chi connectivity index (χ4n) is 2.09. The molecular formula is C16H22ClN3O2S. The second-order valence-electron chi connectivity index (χ2n) is 4.99. The lowest BCUT2D eigenvalue weighted by molar-refractivity contribution is 0.0942. The first-order chi connectivity index (χ1) is 10.6. The molecule has 1 amide bonds. The molecule has 0 radical (unpaired) electrons. The molecule has 7 heteroatoms. The summed E-state index contributed by atoms with van der Waals surface area (Å²) in [4.78, 5) is 16.2. The Hall–Kier alpha value is -1.63. The van der Waals surface area contributed by atoms with Gasteiger partial charge in [0.2, 0.25) is 0 Å². The number of hydrogen-bond acceptors (Lipinski definition) is 5. The van der Waals surface area contributed by atoms with Crippen molar-refractivity contribution in [3.63, 3.8) is 0 Å². The number of nitrogens with zero attached hydrogens (tertiary/aromatic N) is 1. The summed E-state index contributed by atoms with van der Waals surface area (Å²) in [5, 5.41) is 5.46. The maximum Gasteiger partial charge on any atom is 0.270 e. The molecule has 1 aromatic carbocycles. The Morgan fingerprint density at radius 2 is 2.04 bits per heavy atom. The average Bonchev–Trinajstić information content (AvgIpc) is 2.95. The molecule has 0 saturated heterocycles. The number of rotatable bonds is 7. The van der Waals surface area contributed by atoms with Crippen LogP contribution in [0.15, 0.2) is 23.6 Å². The molecule has 126 valence electrons. The summed E-state index contributed by atoms with van der Waals surface area (Å²) in [6.07, 6.45) is 0.702. The molecule has 1 heterocycles. The molecule has 2 rings (SSSR count). The third-order valence-electron chi connectivity index (χ3n) is 3.19. The van der Waals surface area contributed by atoms with E-state index >= 15 is 0 Å². The van der Waals surface area contributed by atoms with Crippen LogP contribution in [0, 0.1) is 13.8 Å². The fraction of sp³-hybridized carbons (Fsp3) is 0.375. The summed E-state index contributed by atoms with van der Waals surface area (Å²) in [7, 11) is 0. The third kappa shape index (κ3) is 5.49. The Labute approximate surface area is 146 Å². The molecule has 2 aromatic rings. The average molecular weight is 356 g/mol. The monoisotopic (exact) mass is 355 g/mol. The van der Waals surface area contributed by atoms with Crippen molar-refractivity contribution in [2.24, 2.45) is 5.73 Å². The SMILES string of the molecule is Cc1cccc(C)c1OCCNC(=O)c1csc(CCN)n1.Cl. The van der Waals surface area contributed by atoms with Gasteiger partial charge in [-0.05, 0) is 31.5 Å². The molecule has 0 aliphatic rings. The molecule has 0 atom stereocenters. The minimum atomic E-state index is -0.176.